The van der Waals surface area contributed by atoms with Crippen molar-refractivity contribution in [2.45, 2.75) is 37.8 Å². The van der Waals surface area contributed by atoms with Crippen LogP contribution in [0.25, 0.3) is 0 Å². The quantitative estimate of drug-likeness (QED) is 0.869. The normalized spacial score (nSPS) is 21.3. The van der Waals surface area contributed by atoms with E-state index in [4.69, 9.17) is 0 Å². The maximum Gasteiger partial charge on any atom is 0.315 e. The van der Waals surface area contributed by atoms with Gasteiger partial charge >= 0.3 is 6.03 Å². The molecule has 0 bridgehead atoms. The van der Waals surface area contributed by atoms with Crippen molar-refractivity contribution < 1.29 is 4.79 Å². The van der Waals surface area contributed by atoms with Gasteiger partial charge in [-0.05, 0) is 50.2 Å². The third-order valence-corrected chi connectivity index (χ3v) is 4.80. The fourth-order valence-corrected chi connectivity index (χ4v) is 3.46. The zero-order chi connectivity index (χ0) is 13.1. The highest BCUT2D eigenvalue weighted by Crippen LogP contribution is 2.27. The van der Waals surface area contributed by atoms with Crippen LogP contribution < -0.4 is 10.6 Å². The maximum absolute atomic E-state index is 11.7. The zero-order valence-electron chi connectivity index (χ0n) is 11.1. The van der Waals surface area contributed by atoms with Crippen molar-refractivity contribution in [3.8, 4) is 0 Å². The Labute approximate surface area is 118 Å². The maximum atomic E-state index is 11.7. The molecule has 5 heteroatoms. The lowest BCUT2D eigenvalue weighted by atomic mass is 10.2. The topological polar surface area (TPSA) is 44.4 Å². The molecule has 1 saturated heterocycles. The number of nitrogens with zero attached hydrogens (tertiary/aromatic N) is 1. The highest BCUT2D eigenvalue weighted by Gasteiger charge is 2.26. The Morgan fingerprint density at radius 3 is 2.84 bits per heavy atom. The van der Waals surface area contributed by atoms with E-state index in [1.54, 1.807) is 11.3 Å². The van der Waals surface area contributed by atoms with Crippen LogP contribution in [0.5, 0.6) is 0 Å². The lowest BCUT2D eigenvalue weighted by Crippen LogP contribution is -2.42. The van der Waals surface area contributed by atoms with Gasteiger partial charge in [-0.2, -0.15) is 0 Å². The van der Waals surface area contributed by atoms with Crippen LogP contribution in [0.2, 0.25) is 0 Å². The van der Waals surface area contributed by atoms with Gasteiger partial charge in [0.05, 0.1) is 6.04 Å². The Balaban J connectivity index is 1.57. The second-order valence-corrected chi connectivity index (χ2v) is 6.38. The summed E-state index contributed by atoms with van der Waals surface area (Å²) in [5.41, 5.74) is 0. The molecule has 1 saturated carbocycles. The average molecular weight is 279 g/mol. The Kier molecular flexibility index (Phi) is 4.03. The molecule has 2 fully saturated rings. The smallest absolute Gasteiger partial charge is 0.315 e. The van der Waals surface area contributed by atoms with E-state index < -0.39 is 0 Å². The molecule has 3 rings (SSSR count). The number of carbonyl (C=O) groups excluding carboxylic acids is 1. The molecule has 4 nitrogen and oxygen atoms in total. The monoisotopic (exact) mass is 279 g/mol. The molecule has 0 spiro atoms. The molecular weight excluding hydrogens is 258 g/mol. The fraction of sp³-hybridized carbons (Fsp3) is 0.643. The predicted octanol–water partition coefficient (Wildman–Crippen LogP) is 2.35. The van der Waals surface area contributed by atoms with E-state index in [1.807, 2.05) is 0 Å². The summed E-state index contributed by atoms with van der Waals surface area (Å²) in [7, 11) is 0. The van der Waals surface area contributed by atoms with Crippen LogP contribution in [0.1, 0.15) is 36.6 Å². The van der Waals surface area contributed by atoms with E-state index in [-0.39, 0.29) is 6.03 Å². The second-order valence-electron chi connectivity index (χ2n) is 5.40. The van der Waals surface area contributed by atoms with Crippen LogP contribution in [-0.4, -0.2) is 36.6 Å². The van der Waals surface area contributed by atoms with Crippen LogP contribution in [0.4, 0.5) is 4.79 Å². The number of amides is 2. The SMILES string of the molecule is O=C(NCC(c1cccs1)N1CCCC1)NC1CC1. The summed E-state index contributed by atoms with van der Waals surface area (Å²) in [6, 6.07) is 5.02. The van der Waals surface area contributed by atoms with Crippen molar-refractivity contribution in [1.29, 1.82) is 0 Å². The fourth-order valence-electron chi connectivity index (χ4n) is 2.60. The van der Waals surface area contributed by atoms with Gasteiger partial charge in [-0.15, -0.1) is 11.3 Å². The molecule has 104 valence electrons. The molecule has 0 aromatic carbocycles. The molecule has 2 N–H and O–H groups in total. The number of rotatable bonds is 5. The van der Waals surface area contributed by atoms with Crippen LogP contribution >= 0.6 is 11.3 Å². The Morgan fingerprint density at radius 2 is 2.21 bits per heavy atom. The number of likely N-dealkylation sites (tertiary alicyclic amines) is 1. The standard InChI is InChI=1S/C14H21N3OS/c18-14(16-11-5-6-11)15-10-12(13-4-3-9-19-13)17-7-1-2-8-17/h3-4,9,11-12H,1-2,5-8,10H2,(H2,15,16,18). The van der Waals surface area contributed by atoms with Gasteiger partial charge < -0.3 is 10.6 Å². The molecule has 1 atom stereocenters. The van der Waals surface area contributed by atoms with E-state index in [0.29, 0.717) is 18.6 Å². The first kappa shape index (κ1) is 12.9. The molecule has 2 amide bonds. The number of nitrogens with one attached hydrogen (secondary N) is 2. The van der Waals surface area contributed by atoms with Gasteiger partial charge in [-0.1, -0.05) is 6.07 Å². The highest BCUT2D eigenvalue weighted by molar-refractivity contribution is 7.10. The summed E-state index contributed by atoms with van der Waals surface area (Å²) < 4.78 is 0. The molecule has 1 aromatic heterocycles. The predicted molar refractivity (Wildman–Crippen MR) is 77.4 cm³/mol. The molecule has 19 heavy (non-hydrogen) atoms. The van der Waals surface area contributed by atoms with Crippen molar-refractivity contribution in [3.63, 3.8) is 0 Å². The molecule has 2 heterocycles. The van der Waals surface area contributed by atoms with Crippen molar-refractivity contribution in [3.05, 3.63) is 22.4 Å². The minimum atomic E-state index is -0.0109. The number of carbonyl (C=O) groups is 1. The van der Waals surface area contributed by atoms with Gasteiger partial charge in [0.1, 0.15) is 0 Å². The lowest BCUT2D eigenvalue weighted by Gasteiger charge is -2.26. The van der Waals surface area contributed by atoms with Gasteiger partial charge in [0, 0.05) is 17.5 Å². The minimum Gasteiger partial charge on any atom is -0.336 e. The van der Waals surface area contributed by atoms with Crippen LogP contribution in [0, 0.1) is 0 Å². The van der Waals surface area contributed by atoms with Crippen molar-refractivity contribution in [2.24, 2.45) is 0 Å². The number of urea groups is 1. The van der Waals surface area contributed by atoms with Crippen molar-refractivity contribution >= 4 is 17.4 Å². The first-order valence-electron chi connectivity index (χ1n) is 7.15. The third kappa shape index (κ3) is 3.48. The lowest BCUT2D eigenvalue weighted by molar-refractivity contribution is 0.222. The summed E-state index contributed by atoms with van der Waals surface area (Å²) >= 11 is 1.78. The number of hydrogen-bond donors (Lipinski definition) is 2. The Hall–Kier alpha value is -1.07. The molecule has 1 aromatic rings. The number of thiophene rings is 1. The Morgan fingerprint density at radius 1 is 1.42 bits per heavy atom. The summed E-state index contributed by atoms with van der Waals surface area (Å²) in [5.74, 6) is 0. The molecule has 1 unspecified atom stereocenters. The van der Waals surface area contributed by atoms with Crippen molar-refractivity contribution in [1.82, 2.24) is 15.5 Å². The molecule has 0 radical (unpaired) electrons. The first-order valence-corrected chi connectivity index (χ1v) is 8.03. The molecular formula is C14H21N3OS. The molecule has 2 aliphatic rings. The van der Waals surface area contributed by atoms with E-state index in [9.17, 15) is 4.79 Å². The third-order valence-electron chi connectivity index (χ3n) is 3.82. The van der Waals surface area contributed by atoms with E-state index in [2.05, 4.69) is 33.0 Å². The highest BCUT2D eigenvalue weighted by atomic mass is 32.1. The van der Waals surface area contributed by atoms with E-state index >= 15 is 0 Å². The number of hydrogen-bond acceptors (Lipinski definition) is 3. The Bertz CT molecular complexity index is 410. The van der Waals surface area contributed by atoms with Gasteiger partial charge in [-0.25, -0.2) is 4.79 Å². The van der Waals surface area contributed by atoms with Gasteiger partial charge in [0.25, 0.3) is 0 Å². The van der Waals surface area contributed by atoms with Crippen LogP contribution in [0.15, 0.2) is 17.5 Å². The van der Waals surface area contributed by atoms with Crippen LogP contribution in [-0.2, 0) is 0 Å². The van der Waals surface area contributed by atoms with E-state index in [1.165, 1.54) is 17.7 Å². The largest absolute Gasteiger partial charge is 0.336 e. The minimum absolute atomic E-state index is 0.0109. The summed E-state index contributed by atoms with van der Waals surface area (Å²) in [6.07, 6.45) is 4.81. The van der Waals surface area contributed by atoms with Gasteiger partial charge in [0.2, 0.25) is 0 Å². The molecule has 1 aliphatic carbocycles. The van der Waals surface area contributed by atoms with Crippen molar-refractivity contribution in [2.75, 3.05) is 19.6 Å². The molecule has 1 aliphatic heterocycles. The second kappa shape index (κ2) is 5.92. The summed E-state index contributed by atoms with van der Waals surface area (Å²) in [4.78, 5) is 15.6. The average Bonchev–Trinajstić information content (AvgIpc) is 2.89. The first-order chi connectivity index (χ1) is 9.33. The van der Waals surface area contributed by atoms with Crippen LogP contribution in [0.3, 0.4) is 0 Å². The zero-order valence-corrected chi connectivity index (χ0v) is 11.9. The van der Waals surface area contributed by atoms with Gasteiger partial charge in [0.15, 0.2) is 0 Å². The van der Waals surface area contributed by atoms with Gasteiger partial charge in [-0.3, -0.25) is 4.90 Å². The summed E-state index contributed by atoms with van der Waals surface area (Å²) in [6.45, 7) is 3.00. The van der Waals surface area contributed by atoms with E-state index in [0.717, 1.165) is 25.9 Å². The summed E-state index contributed by atoms with van der Waals surface area (Å²) in [5, 5.41) is 8.13.